The quantitative estimate of drug-likeness (QED) is 0.247. The van der Waals surface area contributed by atoms with Crippen LogP contribution in [0.1, 0.15) is 39.4 Å². The van der Waals surface area contributed by atoms with Crippen molar-refractivity contribution in [3.8, 4) is 0 Å². The maximum atomic E-state index is 4.65. The molecule has 0 saturated carbocycles. The van der Waals surface area contributed by atoms with Gasteiger partial charge in [-0.1, -0.05) is 13.8 Å². The van der Waals surface area contributed by atoms with Gasteiger partial charge in [0.1, 0.15) is 12.4 Å². The van der Waals surface area contributed by atoms with Gasteiger partial charge >= 0.3 is 0 Å². The smallest absolute Gasteiger partial charge is 0.191 e. The van der Waals surface area contributed by atoms with Crippen molar-refractivity contribution >= 4 is 41.7 Å². The van der Waals surface area contributed by atoms with Crippen molar-refractivity contribution in [2.75, 3.05) is 25.1 Å². The summed E-state index contributed by atoms with van der Waals surface area (Å²) in [6.07, 6.45) is 8.46. The molecule has 2 N–H and O–H groups in total. The lowest BCUT2D eigenvalue weighted by Crippen LogP contribution is -2.37. The highest BCUT2D eigenvalue weighted by Gasteiger charge is 2.04. The third kappa shape index (κ3) is 10.1. The van der Waals surface area contributed by atoms with E-state index in [1.165, 1.54) is 18.6 Å². The molecule has 0 bridgehead atoms. The number of thioether (sulfide) groups is 1. The molecule has 7 heteroatoms. The van der Waals surface area contributed by atoms with Crippen molar-refractivity contribution in [3.05, 3.63) is 18.2 Å². The Labute approximate surface area is 162 Å². The SMILES string of the molecule is CCNC(=NCc1nccn1CC(C)C)NCCCCSC.I. The summed E-state index contributed by atoms with van der Waals surface area (Å²) in [4.78, 5) is 9.07. The van der Waals surface area contributed by atoms with Gasteiger partial charge in [0, 0.05) is 32.0 Å². The van der Waals surface area contributed by atoms with Crippen molar-refractivity contribution in [1.82, 2.24) is 20.2 Å². The summed E-state index contributed by atoms with van der Waals surface area (Å²) in [5.74, 6) is 3.74. The molecule has 0 spiro atoms. The van der Waals surface area contributed by atoms with Crippen LogP contribution in [0.5, 0.6) is 0 Å². The lowest BCUT2D eigenvalue weighted by Gasteiger charge is -2.12. The average molecular weight is 453 g/mol. The zero-order valence-electron chi connectivity index (χ0n) is 14.8. The van der Waals surface area contributed by atoms with Gasteiger partial charge in [-0.25, -0.2) is 9.98 Å². The van der Waals surface area contributed by atoms with Crippen LogP contribution in [-0.2, 0) is 13.1 Å². The predicted octanol–water partition coefficient (Wildman–Crippen LogP) is 3.36. The van der Waals surface area contributed by atoms with E-state index < -0.39 is 0 Å². The van der Waals surface area contributed by atoms with Gasteiger partial charge in [-0.3, -0.25) is 0 Å². The molecule has 0 aliphatic carbocycles. The van der Waals surface area contributed by atoms with Gasteiger partial charge in [0.25, 0.3) is 0 Å². The molecule has 0 saturated heterocycles. The molecule has 1 heterocycles. The Morgan fingerprint density at radius 3 is 2.78 bits per heavy atom. The van der Waals surface area contributed by atoms with E-state index in [1.54, 1.807) is 0 Å². The van der Waals surface area contributed by atoms with E-state index in [-0.39, 0.29) is 24.0 Å². The molecule has 23 heavy (non-hydrogen) atoms. The lowest BCUT2D eigenvalue weighted by molar-refractivity contribution is 0.507. The topological polar surface area (TPSA) is 54.2 Å². The van der Waals surface area contributed by atoms with E-state index in [4.69, 9.17) is 0 Å². The Bertz CT molecular complexity index is 434. The third-order valence-electron chi connectivity index (χ3n) is 3.15. The van der Waals surface area contributed by atoms with Crippen LogP contribution in [-0.4, -0.2) is 40.6 Å². The van der Waals surface area contributed by atoms with Crippen LogP contribution in [0.25, 0.3) is 0 Å². The number of hydrogen-bond donors (Lipinski definition) is 2. The van der Waals surface area contributed by atoms with E-state index >= 15 is 0 Å². The van der Waals surface area contributed by atoms with E-state index in [0.717, 1.165) is 31.4 Å². The average Bonchev–Trinajstić information content (AvgIpc) is 2.91. The van der Waals surface area contributed by atoms with Crippen molar-refractivity contribution < 1.29 is 0 Å². The van der Waals surface area contributed by atoms with Crippen LogP contribution < -0.4 is 10.6 Å². The van der Waals surface area contributed by atoms with Crippen molar-refractivity contribution in [2.45, 2.75) is 46.7 Å². The summed E-state index contributed by atoms with van der Waals surface area (Å²) in [5, 5.41) is 6.69. The number of halogens is 1. The Kier molecular flexibility index (Phi) is 13.7. The second-order valence-electron chi connectivity index (χ2n) is 5.71. The summed E-state index contributed by atoms with van der Waals surface area (Å²) in [7, 11) is 0. The normalized spacial score (nSPS) is 11.4. The molecule has 0 aromatic carbocycles. The summed E-state index contributed by atoms with van der Waals surface area (Å²) in [6, 6.07) is 0. The maximum Gasteiger partial charge on any atom is 0.191 e. The molecular weight excluding hydrogens is 421 g/mol. The highest BCUT2D eigenvalue weighted by atomic mass is 127. The van der Waals surface area contributed by atoms with Gasteiger partial charge < -0.3 is 15.2 Å². The molecule has 0 fully saturated rings. The van der Waals surface area contributed by atoms with Crippen molar-refractivity contribution in [2.24, 2.45) is 10.9 Å². The minimum absolute atomic E-state index is 0. The van der Waals surface area contributed by atoms with Gasteiger partial charge in [0.15, 0.2) is 5.96 Å². The summed E-state index contributed by atoms with van der Waals surface area (Å²) in [5.41, 5.74) is 0. The summed E-state index contributed by atoms with van der Waals surface area (Å²) in [6.45, 7) is 9.96. The Morgan fingerprint density at radius 1 is 1.35 bits per heavy atom. The molecule has 0 radical (unpaired) electrons. The first-order valence-electron chi connectivity index (χ1n) is 8.18. The maximum absolute atomic E-state index is 4.65. The molecule has 1 aromatic heterocycles. The second-order valence-corrected chi connectivity index (χ2v) is 6.70. The largest absolute Gasteiger partial charge is 0.357 e. The molecule has 134 valence electrons. The molecule has 0 aliphatic rings. The zero-order valence-corrected chi connectivity index (χ0v) is 18.0. The zero-order chi connectivity index (χ0) is 16.2. The van der Waals surface area contributed by atoms with Gasteiger partial charge in [-0.2, -0.15) is 11.8 Å². The number of nitrogens with one attached hydrogen (secondary N) is 2. The molecule has 5 nitrogen and oxygen atoms in total. The molecule has 0 unspecified atom stereocenters. The molecule has 1 rings (SSSR count). The Morgan fingerprint density at radius 2 is 2.13 bits per heavy atom. The third-order valence-corrected chi connectivity index (χ3v) is 3.85. The van der Waals surface area contributed by atoms with E-state index in [0.29, 0.717) is 12.5 Å². The van der Waals surface area contributed by atoms with Gasteiger partial charge in [0.05, 0.1) is 0 Å². The number of imidazole rings is 1. The Balaban J connectivity index is 0.00000484. The van der Waals surface area contributed by atoms with E-state index in [2.05, 4.69) is 52.2 Å². The van der Waals surface area contributed by atoms with E-state index in [9.17, 15) is 0 Å². The summed E-state index contributed by atoms with van der Waals surface area (Å²) >= 11 is 1.90. The van der Waals surface area contributed by atoms with Crippen LogP contribution in [0.4, 0.5) is 0 Å². The number of hydrogen-bond acceptors (Lipinski definition) is 3. The van der Waals surface area contributed by atoms with Crippen LogP contribution in [0.15, 0.2) is 17.4 Å². The number of aliphatic imine (C=N–C) groups is 1. The van der Waals surface area contributed by atoms with Crippen LogP contribution >= 0.6 is 35.7 Å². The van der Waals surface area contributed by atoms with E-state index in [1.807, 2.05) is 24.2 Å². The number of nitrogens with zero attached hydrogens (tertiary/aromatic N) is 3. The molecular formula is C16H32IN5S. The van der Waals surface area contributed by atoms with Crippen molar-refractivity contribution in [1.29, 1.82) is 0 Å². The van der Waals surface area contributed by atoms with Gasteiger partial charge in [0.2, 0.25) is 0 Å². The molecule has 0 amide bonds. The first kappa shape index (κ1) is 22.6. The number of guanidine groups is 1. The number of rotatable bonds is 10. The highest BCUT2D eigenvalue weighted by molar-refractivity contribution is 14.0. The van der Waals surface area contributed by atoms with Gasteiger partial charge in [-0.15, -0.1) is 24.0 Å². The molecule has 0 aliphatic heterocycles. The predicted molar refractivity (Wildman–Crippen MR) is 113 cm³/mol. The van der Waals surface area contributed by atoms with Crippen molar-refractivity contribution in [3.63, 3.8) is 0 Å². The standard InChI is InChI=1S/C16H31N5S.HI/c1-5-17-16(19-8-6-7-11-22-4)20-12-15-18-9-10-21(15)13-14(2)3;/h9-10,14H,5-8,11-13H2,1-4H3,(H2,17,19,20);1H. The fourth-order valence-corrected chi connectivity index (χ4v) is 2.61. The van der Waals surface area contributed by atoms with Crippen LogP contribution in [0, 0.1) is 5.92 Å². The highest BCUT2D eigenvalue weighted by Crippen LogP contribution is 2.05. The van der Waals surface area contributed by atoms with Crippen LogP contribution in [0.3, 0.4) is 0 Å². The monoisotopic (exact) mass is 453 g/mol. The Hall–Kier alpha value is -0.440. The summed E-state index contributed by atoms with van der Waals surface area (Å²) < 4.78 is 2.19. The molecule has 1 aromatic rings. The number of unbranched alkanes of at least 4 members (excludes halogenated alkanes) is 1. The first-order chi connectivity index (χ1) is 10.7. The van der Waals surface area contributed by atoms with Crippen LogP contribution in [0.2, 0.25) is 0 Å². The minimum Gasteiger partial charge on any atom is -0.357 e. The fraction of sp³-hybridized carbons (Fsp3) is 0.750. The minimum atomic E-state index is 0. The first-order valence-corrected chi connectivity index (χ1v) is 9.57. The fourth-order valence-electron chi connectivity index (χ4n) is 2.12. The van der Waals surface area contributed by atoms with Gasteiger partial charge in [-0.05, 0) is 37.7 Å². The lowest BCUT2D eigenvalue weighted by atomic mass is 10.2. The second kappa shape index (κ2) is 13.9. The molecule has 0 atom stereocenters. The number of aromatic nitrogens is 2.